The molecule has 3 aromatic rings. The number of hydrogen-bond acceptors (Lipinski definition) is 6. The summed E-state index contributed by atoms with van der Waals surface area (Å²) in [7, 11) is 0. The van der Waals surface area contributed by atoms with Gasteiger partial charge < -0.3 is 10.6 Å². The number of fused-ring (bicyclic) bond motifs is 1. The quantitative estimate of drug-likeness (QED) is 0.736. The molecule has 0 aromatic carbocycles. The Kier molecular flexibility index (Phi) is 4.38. The number of pyridine rings is 1. The van der Waals surface area contributed by atoms with Crippen molar-refractivity contribution in [2.24, 2.45) is 0 Å². The third-order valence-corrected chi connectivity index (χ3v) is 4.56. The number of hydrogen-bond donors (Lipinski definition) is 2. The average molecular weight is 349 g/mol. The van der Waals surface area contributed by atoms with Crippen LogP contribution in [0.5, 0.6) is 0 Å². The van der Waals surface area contributed by atoms with Crippen LogP contribution < -0.4 is 10.6 Å². The molecule has 1 aliphatic heterocycles. The van der Waals surface area contributed by atoms with Gasteiger partial charge in [0.05, 0.1) is 17.9 Å². The predicted octanol–water partition coefficient (Wildman–Crippen LogP) is 2.46. The molecule has 7 heteroatoms. The van der Waals surface area contributed by atoms with Gasteiger partial charge in [-0.3, -0.25) is 9.67 Å². The van der Waals surface area contributed by atoms with Gasteiger partial charge >= 0.3 is 0 Å². The van der Waals surface area contributed by atoms with Gasteiger partial charge in [0, 0.05) is 48.3 Å². The first-order valence-corrected chi connectivity index (χ1v) is 8.88. The first kappa shape index (κ1) is 16.7. The molecule has 3 aromatic heterocycles. The summed E-state index contributed by atoms with van der Waals surface area (Å²) < 4.78 is 2.04. The maximum atomic E-state index is 4.80. The van der Waals surface area contributed by atoms with E-state index in [0.29, 0.717) is 0 Å². The molecule has 0 saturated heterocycles. The Bertz CT molecular complexity index is 917. The highest BCUT2D eigenvalue weighted by Crippen LogP contribution is 2.26. The zero-order valence-electron chi connectivity index (χ0n) is 15.3. The smallest absolute Gasteiger partial charge is 0.161 e. The molecule has 4 heterocycles. The molecule has 1 atom stereocenters. The molecule has 2 N–H and O–H groups in total. The van der Waals surface area contributed by atoms with E-state index in [4.69, 9.17) is 9.97 Å². The zero-order valence-corrected chi connectivity index (χ0v) is 15.3. The minimum Gasteiger partial charge on any atom is -0.365 e. The van der Waals surface area contributed by atoms with Gasteiger partial charge in [-0.2, -0.15) is 5.10 Å². The molecule has 0 fully saturated rings. The van der Waals surface area contributed by atoms with E-state index in [0.717, 1.165) is 53.8 Å². The second-order valence-electron chi connectivity index (χ2n) is 6.82. The van der Waals surface area contributed by atoms with Gasteiger partial charge in [0.2, 0.25) is 0 Å². The lowest BCUT2D eigenvalue weighted by molar-refractivity contribution is 0.544. The molecule has 134 valence electrons. The molecule has 0 bridgehead atoms. The zero-order chi connectivity index (χ0) is 18.1. The summed E-state index contributed by atoms with van der Waals surface area (Å²) in [6, 6.07) is 6.17. The normalized spacial score (nSPS) is 14.3. The van der Waals surface area contributed by atoms with Crippen LogP contribution in [0.2, 0.25) is 0 Å². The van der Waals surface area contributed by atoms with Gasteiger partial charge in [-0.05, 0) is 39.0 Å². The summed E-state index contributed by atoms with van der Waals surface area (Å²) >= 11 is 0. The van der Waals surface area contributed by atoms with Gasteiger partial charge in [0.15, 0.2) is 5.82 Å². The van der Waals surface area contributed by atoms with Crippen LogP contribution in [0.3, 0.4) is 0 Å². The van der Waals surface area contributed by atoms with E-state index >= 15 is 0 Å². The van der Waals surface area contributed by atoms with E-state index in [1.165, 1.54) is 5.69 Å². The molecule has 0 unspecified atom stereocenters. The summed E-state index contributed by atoms with van der Waals surface area (Å²) in [5, 5.41) is 11.5. The standard InChI is InChI=1S/C19H23N7/c1-12-8-14(3)26(25-12)11-13(2)22-19-16-9-21-10-17(16)23-18(24-19)15-4-6-20-7-5-15/h4-8,13,21H,9-11H2,1-3H3,(H,22,23,24)/t13-/m1/s1. The number of anilines is 1. The van der Waals surface area contributed by atoms with Crippen LogP contribution >= 0.6 is 0 Å². The van der Waals surface area contributed by atoms with Crippen molar-refractivity contribution < 1.29 is 0 Å². The lowest BCUT2D eigenvalue weighted by atomic mass is 10.2. The first-order valence-electron chi connectivity index (χ1n) is 8.88. The molecule has 0 aliphatic carbocycles. The van der Waals surface area contributed by atoms with Crippen LogP contribution in [0.25, 0.3) is 11.4 Å². The molecule has 1 aliphatic rings. The van der Waals surface area contributed by atoms with Crippen molar-refractivity contribution >= 4 is 5.82 Å². The van der Waals surface area contributed by atoms with Crippen LogP contribution in [0, 0.1) is 13.8 Å². The topological polar surface area (TPSA) is 80.5 Å². The predicted molar refractivity (Wildman–Crippen MR) is 101 cm³/mol. The van der Waals surface area contributed by atoms with Crippen LogP contribution in [0.15, 0.2) is 30.6 Å². The van der Waals surface area contributed by atoms with Gasteiger partial charge in [-0.1, -0.05) is 0 Å². The minimum absolute atomic E-state index is 0.192. The summed E-state index contributed by atoms with van der Waals surface area (Å²) in [6.45, 7) is 8.61. The second kappa shape index (κ2) is 6.84. The molecular formula is C19H23N7. The number of rotatable bonds is 5. The Hall–Kier alpha value is -2.80. The second-order valence-corrected chi connectivity index (χ2v) is 6.82. The van der Waals surface area contributed by atoms with E-state index in [-0.39, 0.29) is 6.04 Å². The Morgan fingerprint density at radius 3 is 2.73 bits per heavy atom. The molecule has 4 rings (SSSR count). The van der Waals surface area contributed by atoms with Gasteiger partial charge in [-0.25, -0.2) is 9.97 Å². The number of aryl methyl sites for hydroxylation is 2. The fraction of sp³-hybridized carbons (Fsp3) is 0.368. The number of nitrogens with one attached hydrogen (secondary N) is 2. The van der Waals surface area contributed by atoms with Crippen molar-refractivity contribution in [2.45, 2.75) is 46.4 Å². The van der Waals surface area contributed by atoms with Crippen molar-refractivity contribution in [1.29, 1.82) is 0 Å². The molecule has 0 radical (unpaired) electrons. The molecule has 0 amide bonds. The molecule has 7 nitrogen and oxygen atoms in total. The van der Waals surface area contributed by atoms with E-state index in [2.05, 4.69) is 40.6 Å². The molecule has 0 spiro atoms. The van der Waals surface area contributed by atoms with E-state index in [9.17, 15) is 0 Å². The van der Waals surface area contributed by atoms with Crippen LogP contribution in [0.4, 0.5) is 5.82 Å². The fourth-order valence-electron chi connectivity index (χ4n) is 3.32. The lowest BCUT2D eigenvalue weighted by Crippen LogP contribution is -2.25. The maximum absolute atomic E-state index is 4.80. The average Bonchev–Trinajstić information content (AvgIpc) is 3.22. The van der Waals surface area contributed by atoms with E-state index < -0.39 is 0 Å². The SMILES string of the molecule is Cc1cc(C)n(C[C@@H](C)Nc2nc(-c3ccncc3)nc3c2CNC3)n1. The first-order chi connectivity index (χ1) is 12.6. The molecule has 0 saturated carbocycles. The fourth-order valence-corrected chi connectivity index (χ4v) is 3.32. The van der Waals surface area contributed by atoms with Crippen molar-refractivity contribution in [1.82, 2.24) is 30.0 Å². The third kappa shape index (κ3) is 3.30. The van der Waals surface area contributed by atoms with Gasteiger partial charge in [0.1, 0.15) is 5.82 Å². The third-order valence-electron chi connectivity index (χ3n) is 4.56. The van der Waals surface area contributed by atoms with Crippen molar-refractivity contribution in [3.8, 4) is 11.4 Å². The van der Waals surface area contributed by atoms with Crippen molar-refractivity contribution in [3.05, 3.63) is 53.2 Å². The van der Waals surface area contributed by atoms with Crippen LogP contribution in [-0.4, -0.2) is 30.8 Å². The Balaban J connectivity index is 1.61. The van der Waals surface area contributed by atoms with Gasteiger partial charge in [-0.15, -0.1) is 0 Å². The largest absolute Gasteiger partial charge is 0.365 e. The summed E-state index contributed by atoms with van der Waals surface area (Å²) in [6.07, 6.45) is 3.53. The monoisotopic (exact) mass is 349 g/mol. The minimum atomic E-state index is 0.192. The molecular weight excluding hydrogens is 326 g/mol. The maximum Gasteiger partial charge on any atom is 0.161 e. The lowest BCUT2D eigenvalue weighted by Gasteiger charge is -2.18. The number of nitrogens with zero attached hydrogens (tertiary/aromatic N) is 5. The highest BCUT2D eigenvalue weighted by atomic mass is 15.3. The Morgan fingerprint density at radius 1 is 1.19 bits per heavy atom. The Morgan fingerprint density at radius 2 is 2.00 bits per heavy atom. The summed E-state index contributed by atoms with van der Waals surface area (Å²) in [5.41, 5.74) is 5.41. The van der Waals surface area contributed by atoms with Gasteiger partial charge in [0.25, 0.3) is 0 Å². The molecule has 26 heavy (non-hydrogen) atoms. The van der Waals surface area contributed by atoms with Crippen LogP contribution in [-0.2, 0) is 19.6 Å². The number of aromatic nitrogens is 5. The highest BCUT2D eigenvalue weighted by Gasteiger charge is 2.21. The highest BCUT2D eigenvalue weighted by molar-refractivity contribution is 5.60. The van der Waals surface area contributed by atoms with Crippen molar-refractivity contribution in [3.63, 3.8) is 0 Å². The Labute approximate surface area is 152 Å². The summed E-state index contributed by atoms with van der Waals surface area (Å²) in [5.74, 6) is 1.64. The van der Waals surface area contributed by atoms with E-state index in [1.807, 2.05) is 23.7 Å². The van der Waals surface area contributed by atoms with Crippen LogP contribution in [0.1, 0.15) is 29.6 Å². The summed E-state index contributed by atoms with van der Waals surface area (Å²) in [4.78, 5) is 13.6. The van der Waals surface area contributed by atoms with E-state index in [1.54, 1.807) is 12.4 Å². The van der Waals surface area contributed by atoms with Crippen molar-refractivity contribution in [2.75, 3.05) is 5.32 Å².